The van der Waals surface area contributed by atoms with Crippen molar-refractivity contribution >= 4 is 45.5 Å². The Morgan fingerprint density at radius 1 is 0.455 bits per heavy atom. The molecule has 0 saturated heterocycles. The van der Waals surface area contributed by atoms with E-state index in [1.165, 1.54) is 11.1 Å². The molecule has 0 N–H and O–H groups in total. The molecule has 8 aromatic rings. The molecule has 0 amide bonds. The summed E-state index contributed by atoms with van der Waals surface area (Å²) in [6.07, 6.45) is 1.23. The molecule has 0 fully saturated rings. The Bertz CT molecular complexity index is 2780. The molecule has 2 aliphatic rings. The van der Waals surface area contributed by atoms with E-state index in [1.807, 2.05) is 108 Å². The summed E-state index contributed by atoms with van der Waals surface area (Å²) in [5.74, 6) is -1.06. The van der Waals surface area contributed by atoms with Crippen molar-refractivity contribution in [2.75, 3.05) is 0 Å². The maximum absolute atomic E-state index is 15.4. The first-order valence-electron chi connectivity index (χ1n) is 18.8. The summed E-state index contributed by atoms with van der Waals surface area (Å²) in [4.78, 5) is 30.7. The van der Waals surface area contributed by atoms with Crippen LogP contribution in [0.25, 0.3) is 43.8 Å². The molecule has 0 heterocycles. The number of benzene rings is 8. The van der Waals surface area contributed by atoms with Crippen molar-refractivity contribution < 1.29 is 31.8 Å². The molecular weight excluding hydrogens is 712 g/mol. The normalized spacial score (nSPS) is 12.8. The van der Waals surface area contributed by atoms with Crippen LogP contribution in [0.4, 0.5) is 0 Å². The van der Waals surface area contributed by atoms with Crippen molar-refractivity contribution in [2.45, 2.75) is 19.8 Å². The molecule has 0 saturated carbocycles. The van der Waals surface area contributed by atoms with Gasteiger partial charge in [-0.3, -0.25) is 0 Å². The molecule has 0 bridgehead atoms. The number of carbonyl (C=O) groups is 2. The first-order chi connectivity index (χ1) is 27.0. The number of hydrogen-bond acceptors (Lipinski definition) is 4. The molecule has 264 valence electrons. The van der Waals surface area contributed by atoms with Crippen molar-refractivity contribution in [1.29, 1.82) is 0 Å². The van der Waals surface area contributed by atoms with E-state index in [0.717, 1.165) is 62.7 Å². The van der Waals surface area contributed by atoms with Crippen molar-refractivity contribution in [2.24, 2.45) is 0 Å². The van der Waals surface area contributed by atoms with Gasteiger partial charge in [-0.2, -0.15) is 0 Å². The van der Waals surface area contributed by atoms with Gasteiger partial charge in [-0.25, -0.2) is 0 Å². The van der Waals surface area contributed by atoms with Crippen molar-refractivity contribution in [3.8, 4) is 22.3 Å². The average Bonchev–Trinajstić information content (AvgIpc) is 3.82. The monoisotopic (exact) mass is 748 g/mol. The van der Waals surface area contributed by atoms with Crippen LogP contribution in [-0.4, -0.2) is 16.3 Å². The predicted molar refractivity (Wildman–Crippen MR) is 219 cm³/mol. The zero-order chi connectivity index (χ0) is 37.2. The molecule has 8 aromatic carbocycles. The van der Waals surface area contributed by atoms with Gasteiger partial charge in [0.15, 0.2) is 0 Å². The summed E-state index contributed by atoms with van der Waals surface area (Å²) < 4.78 is 18.4. The molecule has 0 spiro atoms. The van der Waals surface area contributed by atoms with E-state index >= 15 is 9.59 Å². The van der Waals surface area contributed by atoms with E-state index in [0.29, 0.717) is 24.0 Å². The number of rotatable bonds is 6. The molecule has 10 rings (SSSR count). The Hall–Kier alpha value is -6.20. The minimum absolute atomic E-state index is 0.420. The summed E-state index contributed by atoms with van der Waals surface area (Å²) in [6.45, 7) is 1.92. The molecule has 5 heteroatoms. The fraction of sp³-hybridized carbons (Fsp3) is 0.0600. The van der Waals surface area contributed by atoms with E-state index in [4.69, 9.17) is 6.64 Å². The van der Waals surface area contributed by atoms with E-state index in [1.54, 1.807) is 0 Å². The fourth-order valence-corrected chi connectivity index (χ4v) is 17.1. The Kier molecular flexibility index (Phi) is 7.71. The van der Waals surface area contributed by atoms with Crippen LogP contribution in [0.3, 0.4) is 0 Å². The van der Waals surface area contributed by atoms with Crippen LogP contribution in [0, 0.1) is 0 Å². The van der Waals surface area contributed by atoms with Gasteiger partial charge < -0.3 is 0 Å². The maximum atomic E-state index is 15.4. The van der Waals surface area contributed by atoms with Crippen LogP contribution in [0.2, 0.25) is 0 Å². The van der Waals surface area contributed by atoms with Gasteiger partial charge >= 0.3 is 323 Å². The Morgan fingerprint density at radius 3 is 1.31 bits per heavy atom. The topological polar surface area (TPSA) is 52.6 Å². The first-order valence-corrected chi connectivity index (χ1v) is 22.5. The van der Waals surface area contributed by atoms with Gasteiger partial charge in [-0.05, 0) is 0 Å². The van der Waals surface area contributed by atoms with E-state index in [2.05, 4.69) is 72.8 Å². The Morgan fingerprint density at radius 2 is 0.836 bits per heavy atom. The Balaban J connectivity index is 1.32. The second kappa shape index (κ2) is 12.7. The van der Waals surface area contributed by atoms with Crippen LogP contribution >= 0.6 is 0 Å². The summed E-state index contributed by atoms with van der Waals surface area (Å²) in [7, 11) is 0. The van der Waals surface area contributed by atoms with Gasteiger partial charge in [0.1, 0.15) is 0 Å². The molecule has 55 heavy (non-hydrogen) atoms. The van der Waals surface area contributed by atoms with Gasteiger partial charge in [-0.15, -0.1) is 0 Å². The predicted octanol–water partition coefficient (Wildman–Crippen LogP) is 10.1. The second-order valence-electron chi connectivity index (χ2n) is 14.6. The summed E-state index contributed by atoms with van der Waals surface area (Å²) >= 11 is -6.12. The molecule has 2 aliphatic carbocycles. The van der Waals surface area contributed by atoms with E-state index in [-0.39, 0.29) is 0 Å². The van der Waals surface area contributed by atoms with Gasteiger partial charge in [0.2, 0.25) is 0 Å². The molecule has 0 aliphatic heterocycles. The summed E-state index contributed by atoms with van der Waals surface area (Å²) in [5.41, 5.74) is 9.62. The van der Waals surface area contributed by atoms with Gasteiger partial charge in [0.05, 0.1) is 0 Å². The Labute approximate surface area is 321 Å². The van der Waals surface area contributed by atoms with Crippen LogP contribution in [0.1, 0.15) is 49.9 Å². The summed E-state index contributed by atoms with van der Waals surface area (Å²) in [5, 5.41) is 3.39. The molecule has 4 nitrogen and oxygen atoms in total. The molecular formula is C50H36O4Ti. The fourth-order valence-electron chi connectivity index (χ4n) is 9.30. The second-order valence-corrected chi connectivity index (χ2v) is 21.4. The van der Waals surface area contributed by atoms with E-state index < -0.39 is 27.6 Å². The van der Waals surface area contributed by atoms with Crippen LogP contribution < -0.4 is 7.74 Å². The zero-order valence-corrected chi connectivity index (χ0v) is 31.9. The van der Waals surface area contributed by atoms with Crippen molar-refractivity contribution in [3.05, 3.63) is 203 Å². The number of fused-ring (bicyclic) bond motifs is 8. The van der Waals surface area contributed by atoms with Crippen LogP contribution in [0.15, 0.2) is 170 Å². The molecule has 0 unspecified atom stereocenters. The minimum atomic E-state index is -6.12. The molecule has 0 aromatic heterocycles. The average molecular weight is 749 g/mol. The molecule has 0 atom stereocenters. The van der Waals surface area contributed by atoms with Crippen molar-refractivity contribution in [3.63, 3.8) is 0 Å². The third-order valence-corrected chi connectivity index (χ3v) is 20.0. The van der Waals surface area contributed by atoms with Crippen LogP contribution in [-0.2, 0) is 35.1 Å². The van der Waals surface area contributed by atoms with Gasteiger partial charge in [0, 0.05) is 0 Å². The van der Waals surface area contributed by atoms with Crippen LogP contribution in [0.5, 0.6) is 0 Å². The third-order valence-electron chi connectivity index (χ3n) is 11.9. The van der Waals surface area contributed by atoms with Crippen molar-refractivity contribution in [1.82, 2.24) is 0 Å². The molecule has 0 radical (unpaired) electrons. The standard InChI is InChI=1S/2C13H9.2C11H8O2.C2H4.Ti/c2*1-3-7-12-10(5-1)9-11-6-2-4-8-13(11)12;2*12-11(13)10-7-3-5-8-4-1-2-6-9(8)10;1-2;/h2*1-5,7-8H,9H2;2*1-7H,(H,12,13);1H,2H3;/q;;;;;+2/p-2. The number of hydrogen-bond donors (Lipinski definition) is 0. The van der Waals surface area contributed by atoms with E-state index in [9.17, 15) is 0 Å². The zero-order valence-electron chi connectivity index (χ0n) is 30.3. The summed E-state index contributed by atoms with van der Waals surface area (Å²) in [6, 6.07) is 56.3. The number of carbonyl (C=O) groups excluding carboxylic acids is 2. The van der Waals surface area contributed by atoms with Gasteiger partial charge in [-0.1, -0.05) is 0 Å². The quantitative estimate of drug-likeness (QED) is 0.159. The third kappa shape index (κ3) is 4.99. The first kappa shape index (κ1) is 33.4. The SMILES string of the molecule is C[CH]=[Ti]([O]C(=O)c1cccc2ccccc12)([O]C(=O)c1cccc2ccccc12)([c]1cccc2c1Cc1ccccc1-2)[c]1cccc2c1Cc1ccccc1-2. The van der Waals surface area contributed by atoms with Gasteiger partial charge in [0.25, 0.3) is 0 Å².